The van der Waals surface area contributed by atoms with Crippen LogP contribution in [0.5, 0.6) is 0 Å². The Bertz CT molecular complexity index is 290. The van der Waals surface area contributed by atoms with E-state index in [1.165, 1.54) is 12.3 Å². The summed E-state index contributed by atoms with van der Waals surface area (Å²) in [5.41, 5.74) is 0. The molecule has 0 fully saturated rings. The third-order valence-electron chi connectivity index (χ3n) is 1.28. The smallest absolute Gasteiger partial charge is 0.332 e. The largest absolute Gasteiger partial charge is 0.463 e. The summed E-state index contributed by atoms with van der Waals surface area (Å²) < 4.78 is 4.62. The second-order valence-electron chi connectivity index (χ2n) is 2.48. The molecule has 0 saturated heterocycles. The van der Waals surface area contributed by atoms with E-state index in [4.69, 9.17) is 0 Å². The molecule has 0 bridgehead atoms. The van der Waals surface area contributed by atoms with E-state index in [1.54, 1.807) is 25.2 Å². The first-order valence-corrected chi connectivity index (χ1v) is 4.63. The first kappa shape index (κ1) is 13.2. The Balaban J connectivity index is 3.84. The fraction of sp³-hybridized carbons (Fsp3) is 0.273. The highest BCUT2D eigenvalue weighted by atomic mass is 16.5. The van der Waals surface area contributed by atoms with E-state index < -0.39 is 5.97 Å². The summed E-state index contributed by atoms with van der Waals surface area (Å²) in [6.45, 7) is 3.88. The molecular formula is C11H15NO3. The minimum atomic E-state index is -0.477. The van der Waals surface area contributed by atoms with Crippen LogP contribution in [0, 0.1) is 0 Å². The third kappa shape index (κ3) is 8.49. The Morgan fingerprint density at radius 3 is 2.60 bits per heavy atom. The number of carbonyl (C=O) groups is 2. The van der Waals surface area contributed by atoms with Crippen molar-refractivity contribution in [1.29, 1.82) is 0 Å². The molecule has 0 aromatic carbocycles. The van der Waals surface area contributed by atoms with Gasteiger partial charge in [-0.25, -0.2) is 4.79 Å². The summed E-state index contributed by atoms with van der Waals surface area (Å²) in [6.07, 6.45) is 8.90. The number of allylic oxidation sites excluding steroid dienone is 3. The number of hydrogen-bond acceptors (Lipinski definition) is 3. The molecule has 0 aromatic rings. The number of rotatable bonds is 5. The lowest BCUT2D eigenvalue weighted by molar-refractivity contribution is -0.137. The van der Waals surface area contributed by atoms with Gasteiger partial charge in [-0.15, -0.1) is 0 Å². The van der Waals surface area contributed by atoms with E-state index in [9.17, 15) is 9.59 Å². The molecule has 0 aliphatic rings. The zero-order valence-electron chi connectivity index (χ0n) is 8.90. The first-order chi connectivity index (χ1) is 7.20. The fourth-order valence-electron chi connectivity index (χ4n) is 0.684. The Morgan fingerprint density at radius 1 is 1.27 bits per heavy atom. The van der Waals surface area contributed by atoms with Crippen LogP contribution < -0.4 is 5.32 Å². The average Bonchev–Trinajstić information content (AvgIpc) is 2.18. The van der Waals surface area contributed by atoms with Crippen molar-refractivity contribution in [3.8, 4) is 0 Å². The van der Waals surface area contributed by atoms with Crippen LogP contribution in [0.4, 0.5) is 0 Å². The van der Waals surface area contributed by atoms with Crippen molar-refractivity contribution >= 4 is 11.9 Å². The maximum Gasteiger partial charge on any atom is 0.332 e. The predicted octanol–water partition coefficient (Wildman–Crippen LogP) is 1.31. The predicted molar refractivity (Wildman–Crippen MR) is 57.9 cm³/mol. The van der Waals surface area contributed by atoms with Gasteiger partial charge in [-0.05, 0) is 13.8 Å². The molecule has 0 aromatic heterocycles. The number of esters is 1. The van der Waals surface area contributed by atoms with E-state index in [0.717, 1.165) is 6.08 Å². The molecule has 15 heavy (non-hydrogen) atoms. The molecule has 0 radical (unpaired) electrons. The van der Waals surface area contributed by atoms with Gasteiger partial charge in [0, 0.05) is 18.4 Å². The third-order valence-corrected chi connectivity index (χ3v) is 1.28. The molecule has 1 amide bonds. The molecule has 0 rings (SSSR count). The van der Waals surface area contributed by atoms with Gasteiger partial charge < -0.3 is 10.1 Å². The highest BCUT2D eigenvalue weighted by molar-refractivity contribution is 5.89. The van der Waals surface area contributed by atoms with E-state index >= 15 is 0 Å². The average molecular weight is 209 g/mol. The minimum absolute atomic E-state index is 0.298. The molecule has 1 N–H and O–H groups in total. The summed E-state index contributed by atoms with van der Waals surface area (Å²) in [6, 6.07) is 0. The molecule has 0 aliphatic carbocycles. The maximum absolute atomic E-state index is 11.0. The summed E-state index contributed by atoms with van der Waals surface area (Å²) >= 11 is 0. The van der Waals surface area contributed by atoms with Crippen molar-refractivity contribution in [3.63, 3.8) is 0 Å². The number of ether oxygens (including phenoxy) is 1. The molecule has 4 nitrogen and oxygen atoms in total. The number of hydrogen-bond donors (Lipinski definition) is 1. The van der Waals surface area contributed by atoms with Crippen molar-refractivity contribution in [2.24, 2.45) is 0 Å². The second-order valence-corrected chi connectivity index (χ2v) is 2.48. The van der Waals surface area contributed by atoms with Gasteiger partial charge in [0.25, 0.3) is 0 Å². The van der Waals surface area contributed by atoms with Crippen molar-refractivity contribution in [2.45, 2.75) is 13.8 Å². The van der Waals surface area contributed by atoms with Crippen molar-refractivity contribution in [1.82, 2.24) is 5.32 Å². The van der Waals surface area contributed by atoms with Gasteiger partial charge in [0.1, 0.15) is 0 Å². The van der Waals surface area contributed by atoms with Gasteiger partial charge >= 0.3 is 5.97 Å². The Labute approximate surface area is 89.3 Å². The van der Waals surface area contributed by atoms with Gasteiger partial charge in [-0.2, -0.15) is 0 Å². The van der Waals surface area contributed by atoms with Crippen LogP contribution in [-0.2, 0) is 14.3 Å². The van der Waals surface area contributed by atoms with Gasteiger partial charge in [-0.3, -0.25) is 4.79 Å². The molecule has 82 valence electrons. The minimum Gasteiger partial charge on any atom is -0.463 e. The van der Waals surface area contributed by atoms with Crippen LogP contribution in [0.15, 0.2) is 36.6 Å². The number of amides is 1. The van der Waals surface area contributed by atoms with Gasteiger partial charge in [-0.1, -0.05) is 18.2 Å². The molecule has 4 heteroatoms. The Hall–Kier alpha value is -1.84. The first-order valence-electron chi connectivity index (χ1n) is 4.63. The SMILES string of the molecule is C/C=C/C=C/C(=O)N/C=C/C(=O)OCC. The van der Waals surface area contributed by atoms with Crippen LogP contribution in [0.2, 0.25) is 0 Å². The molecule has 0 spiro atoms. The van der Waals surface area contributed by atoms with Crippen molar-refractivity contribution in [3.05, 3.63) is 36.6 Å². The fourth-order valence-corrected chi connectivity index (χ4v) is 0.684. The normalized spacial score (nSPS) is 11.3. The van der Waals surface area contributed by atoms with Gasteiger partial charge in [0.2, 0.25) is 5.91 Å². The topological polar surface area (TPSA) is 55.4 Å². The maximum atomic E-state index is 11.0. The Kier molecular flexibility index (Phi) is 7.67. The highest BCUT2D eigenvalue weighted by Gasteiger charge is 1.93. The van der Waals surface area contributed by atoms with Crippen LogP contribution in [0.1, 0.15) is 13.8 Å². The molecule has 0 heterocycles. The standard InChI is InChI=1S/C11H15NO3/c1-3-5-6-7-10(13)12-9-8-11(14)15-4-2/h3,5-9H,4H2,1-2H3,(H,12,13)/b5-3+,7-6+,9-8+. The summed E-state index contributed by atoms with van der Waals surface area (Å²) in [7, 11) is 0. The van der Waals surface area contributed by atoms with Crippen LogP contribution in [0.3, 0.4) is 0 Å². The number of nitrogens with one attached hydrogen (secondary N) is 1. The summed E-state index contributed by atoms with van der Waals surface area (Å²) in [5, 5.41) is 2.39. The van der Waals surface area contributed by atoms with E-state index in [2.05, 4.69) is 10.1 Å². The van der Waals surface area contributed by atoms with Crippen LogP contribution in [-0.4, -0.2) is 18.5 Å². The van der Waals surface area contributed by atoms with Gasteiger partial charge in [0.15, 0.2) is 0 Å². The highest BCUT2D eigenvalue weighted by Crippen LogP contribution is 1.81. The quantitative estimate of drug-likeness (QED) is 0.422. The van der Waals surface area contributed by atoms with E-state index in [1.807, 2.05) is 6.92 Å². The molecule has 0 aliphatic heterocycles. The summed E-state index contributed by atoms with van der Waals surface area (Å²) in [5.74, 6) is -0.774. The molecule has 0 unspecified atom stereocenters. The van der Waals surface area contributed by atoms with E-state index in [-0.39, 0.29) is 5.91 Å². The zero-order chi connectivity index (χ0) is 11.5. The van der Waals surface area contributed by atoms with E-state index in [0.29, 0.717) is 6.61 Å². The Morgan fingerprint density at radius 2 is 2.00 bits per heavy atom. The van der Waals surface area contributed by atoms with Crippen LogP contribution in [0.25, 0.3) is 0 Å². The zero-order valence-corrected chi connectivity index (χ0v) is 8.90. The van der Waals surface area contributed by atoms with Gasteiger partial charge in [0.05, 0.1) is 6.61 Å². The molecular weight excluding hydrogens is 194 g/mol. The lowest BCUT2D eigenvalue weighted by Gasteiger charge is -1.95. The van der Waals surface area contributed by atoms with Crippen molar-refractivity contribution < 1.29 is 14.3 Å². The number of carbonyl (C=O) groups excluding carboxylic acids is 2. The molecule has 0 atom stereocenters. The van der Waals surface area contributed by atoms with Crippen molar-refractivity contribution in [2.75, 3.05) is 6.61 Å². The second kappa shape index (κ2) is 8.74. The summed E-state index contributed by atoms with van der Waals surface area (Å²) in [4.78, 5) is 21.8. The lowest BCUT2D eigenvalue weighted by Crippen LogP contribution is -2.14. The monoisotopic (exact) mass is 209 g/mol. The van der Waals surface area contributed by atoms with Crippen LogP contribution >= 0.6 is 0 Å². The molecule has 0 saturated carbocycles. The lowest BCUT2D eigenvalue weighted by atomic mass is 10.4.